The number of aryl methyl sites for hydroxylation is 1. The fourth-order valence-electron chi connectivity index (χ4n) is 8.12. The number of fused-ring (bicyclic) bond motifs is 6. The molecule has 0 amide bonds. The summed E-state index contributed by atoms with van der Waals surface area (Å²) in [5.41, 5.74) is 25.8. The van der Waals surface area contributed by atoms with Crippen LogP contribution < -0.4 is 16.8 Å². The number of para-hydroxylation sites is 6. The van der Waals surface area contributed by atoms with Crippen molar-refractivity contribution in [1.82, 2.24) is 14.1 Å². The summed E-state index contributed by atoms with van der Waals surface area (Å²) in [6, 6.07) is 51.0. The van der Waals surface area contributed by atoms with E-state index in [1.165, 1.54) is 21.5 Å². The number of anilines is 4. The highest BCUT2D eigenvalue weighted by Crippen LogP contribution is 2.44. The zero-order chi connectivity index (χ0) is 37.9. The predicted molar refractivity (Wildman–Crippen MR) is 234 cm³/mol. The summed E-state index contributed by atoms with van der Waals surface area (Å²) in [5.74, 6) is 1.18. The number of benzene rings is 6. The third kappa shape index (κ3) is 5.24. The predicted octanol–water partition coefficient (Wildman–Crippen LogP) is 12.5. The first-order chi connectivity index (χ1) is 27.5. The van der Waals surface area contributed by atoms with Crippen molar-refractivity contribution >= 4 is 72.4 Å². The highest BCUT2D eigenvalue weighted by atomic mass is 16.3. The number of furan rings is 1. The number of allylic oxidation sites excluding steroid dienone is 1. The lowest BCUT2D eigenvalue weighted by Crippen LogP contribution is -2.01. The van der Waals surface area contributed by atoms with Gasteiger partial charge < -0.3 is 30.3 Å². The maximum Gasteiger partial charge on any atom is 0.160 e. The van der Waals surface area contributed by atoms with Crippen molar-refractivity contribution in [3.63, 3.8) is 0 Å². The van der Waals surface area contributed by atoms with Gasteiger partial charge in [0.15, 0.2) is 11.5 Å². The molecule has 6 aromatic carbocycles. The normalized spacial score (nSPS) is 11.8. The first-order valence-corrected chi connectivity index (χ1v) is 18.7. The van der Waals surface area contributed by atoms with Gasteiger partial charge >= 0.3 is 0 Å². The van der Waals surface area contributed by atoms with Gasteiger partial charge in [-0.1, -0.05) is 91.0 Å². The van der Waals surface area contributed by atoms with Gasteiger partial charge in [0.2, 0.25) is 0 Å². The Bertz CT molecular complexity index is 2940. The Kier molecular flexibility index (Phi) is 7.74. The SMILES string of the molecule is C/C=C\c1oc(-c2cc(-c3cc(-n4c5ccccc5c5ccccc54)cc(-n4c5ccccc5c5ccccc54)c3)ncc2C)c(Nc2ccccc2N)c1N. The molecule has 7 heteroatoms. The van der Waals surface area contributed by atoms with Crippen LogP contribution in [0.3, 0.4) is 0 Å². The first kappa shape index (κ1) is 33.1. The Morgan fingerprint density at radius 2 is 1.12 bits per heavy atom. The minimum absolute atomic E-state index is 0.501. The van der Waals surface area contributed by atoms with Crippen molar-refractivity contribution in [2.24, 2.45) is 0 Å². The molecule has 0 spiro atoms. The van der Waals surface area contributed by atoms with Crippen molar-refractivity contribution in [3.05, 3.63) is 169 Å². The lowest BCUT2D eigenvalue weighted by Gasteiger charge is -2.16. The van der Waals surface area contributed by atoms with Gasteiger partial charge in [-0.05, 0) is 86.2 Å². The van der Waals surface area contributed by atoms with Crippen LogP contribution in [0.5, 0.6) is 0 Å². The number of nitrogens with two attached hydrogens (primary N) is 2. The van der Waals surface area contributed by atoms with Crippen molar-refractivity contribution in [1.29, 1.82) is 0 Å². The number of pyridine rings is 1. The molecular weight excluding hydrogens is 689 g/mol. The number of nitrogens with one attached hydrogen (secondary N) is 1. The van der Waals surface area contributed by atoms with Gasteiger partial charge in [0.1, 0.15) is 11.4 Å². The van der Waals surface area contributed by atoms with Crippen LogP contribution in [-0.4, -0.2) is 14.1 Å². The summed E-state index contributed by atoms with van der Waals surface area (Å²) < 4.78 is 11.3. The standard InChI is InChI=1S/C49H38N6O/c1-3-14-46-47(51)48(53-40-20-9-8-19-39(40)50)49(56-46)38-28-41(52-29-30(38)2)31-25-32(54-42-21-10-4-15-34(42)35-16-5-11-22-43(35)54)27-33(26-31)55-44-23-12-6-17-36(44)37-18-7-13-24-45(37)55/h3-29,53H,50-51H2,1-2H3/b14-3-. The molecule has 10 rings (SSSR count). The van der Waals surface area contributed by atoms with Crippen molar-refractivity contribution in [2.75, 3.05) is 16.8 Å². The van der Waals surface area contributed by atoms with Crippen molar-refractivity contribution in [3.8, 4) is 34.0 Å². The Balaban J connectivity index is 1.24. The fourth-order valence-corrected chi connectivity index (χ4v) is 8.12. The smallest absolute Gasteiger partial charge is 0.160 e. The molecule has 270 valence electrons. The fraction of sp³-hybridized carbons (Fsp3) is 0.0408. The van der Waals surface area contributed by atoms with Gasteiger partial charge in [-0.25, -0.2) is 0 Å². The van der Waals surface area contributed by atoms with E-state index < -0.39 is 0 Å². The molecule has 0 radical (unpaired) electrons. The minimum Gasteiger partial charge on any atom is -0.452 e. The zero-order valence-corrected chi connectivity index (χ0v) is 31.0. The van der Waals surface area contributed by atoms with Gasteiger partial charge in [0, 0.05) is 50.2 Å². The summed E-state index contributed by atoms with van der Waals surface area (Å²) >= 11 is 0. The maximum atomic E-state index is 6.79. The van der Waals surface area contributed by atoms with E-state index in [0.29, 0.717) is 28.6 Å². The molecule has 10 aromatic rings. The van der Waals surface area contributed by atoms with E-state index in [0.717, 1.165) is 61.5 Å². The molecule has 0 atom stereocenters. The van der Waals surface area contributed by atoms with Crippen LogP contribution in [0.1, 0.15) is 18.2 Å². The largest absolute Gasteiger partial charge is 0.452 e. The lowest BCUT2D eigenvalue weighted by molar-refractivity contribution is 0.573. The highest BCUT2D eigenvalue weighted by molar-refractivity contribution is 6.10. The second-order valence-corrected chi connectivity index (χ2v) is 14.2. The number of rotatable bonds is 7. The third-order valence-corrected chi connectivity index (χ3v) is 10.7. The zero-order valence-electron chi connectivity index (χ0n) is 31.0. The average molecular weight is 727 g/mol. The molecule has 0 saturated heterocycles. The van der Waals surface area contributed by atoms with Crippen LogP contribution in [0.15, 0.2) is 162 Å². The Hall–Kier alpha value is -7.51. The molecule has 0 fully saturated rings. The molecule has 0 saturated carbocycles. The average Bonchev–Trinajstić information content (AvgIpc) is 3.86. The molecule has 5 N–H and O–H groups in total. The van der Waals surface area contributed by atoms with Gasteiger partial charge in [0.25, 0.3) is 0 Å². The van der Waals surface area contributed by atoms with Gasteiger partial charge in [0.05, 0.1) is 39.1 Å². The topological polar surface area (TPSA) is 100.0 Å². The number of nitrogens with zero attached hydrogens (tertiary/aromatic N) is 3. The van der Waals surface area contributed by atoms with Crippen LogP contribution in [0, 0.1) is 6.92 Å². The van der Waals surface area contributed by atoms with Gasteiger partial charge in [-0.2, -0.15) is 0 Å². The van der Waals surface area contributed by atoms with Crippen LogP contribution in [0.2, 0.25) is 0 Å². The maximum absolute atomic E-state index is 6.79. The van der Waals surface area contributed by atoms with E-state index >= 15 is 0 Å². The Labute approximate surface area is 323 Å². The van der Waals surface area contributed by atoms with E-state index in [1.54, 1.807) is 0 Å². The van der Waals surface area contributed by atoms with Crippen LogP contribution in [0.4, 0.5) is 22.7 Å². The molecule has 0 aliphatic carbocycles. The number of hydrogen-bond acceptors (Lipinski definition) is 5. The Morgan fingerprint density at radius 3 is 1.64 bits per heavy atom. The Morgan fingerprint density at radius 1 is 0.625 bits per heavy atom. The van der Waals surface area contributed by atoms with E-state index in [-0.39, 0.29) is 0 Å². The quantitative estimate of drug-likeness (QED) is 0.142. The van der Waals surface area contributed by atoms with Crippen LogP contribution in [0.25, 0.3) is 83.6 Å². The van der Waals surface area contributed by atoms with Crippen LogP contribution >= 0.6 is 0 Å². The molecule has 7 nitrogen and oxygen atoms in total. The number of aromatic nitrogens is 3. The van der Waals surface area contributed by atoms with Crippen molar-refractivity contribution < 1.29 is 4.42 Å². The molecular formula is C49H38N6O. The number of nitrogen functional groups attached to an aromatic ring is 2. The lowest BCUT2D eigenvalue weighted by atomic mass is 10.0. The monoisotopic (exact) mass is 726 g/mol. The summed E-state index contributed by atoms with van der Waals surface area (Å²) in [6.07, 6.45) is 5.70. The molecule has 0 aliphatic rings. The summed E-state index contributed by atoms with van der Waals surface area (Å²) in [4.78, 5) is 5.08. The molecule has 56 heavy (non-hydrogen) atoms. The summed E-state index contributed by atoms with van der Waals surface area (Å²) in [6.45, 7) is 3.98. The van der Waals surface area contributed by atoms with Gasteiger partial charge in [-0.15, -0.1) is 0 Å². The molecule has 0 aliphatic heterocycles. The third-order valence-electron chi connectivity index (χ3n) is 10.7. The van der Waals surface area contributed by atoms with E-state index in [4.69, 9.17) is 20.9 Å². The molecule has 0 bridgehead atoms. The van der Waals surface area contributed by atoms with E-state index in [2.05, 4.69) is 136 Å². The second-order valence-electron chi connectivity index (χ2n) is 14.2. The van der Waals surface area contributed by atoms with Crippen LogP contribution in [-0.2, 0) is 0 Å². The second kappa shape index (κ2) is 13.1. The number of hydrogen-bond donors (Lipinski definition) is 3. The first-order valence-electron chi connectivity index (χ1n) is 18.7. The van der Waals surface area contributed by atoms with Crippen molar-refractivity contribution in [2.45, 2.75) is 13.8 Å². The highest BCUT2D eigenvalue weighted by Gasteiger charge is 2.23. The molecule has 4 aromatic heterocycles. The van der Waals surface area contributed by atoms with E-state index in [1.807, 2.05) is 56.5 Å². The summed E-state index contributed by atoms with van der Waals surface area (Å²) in [7, 11) is 0. The minimum atomic E-state index is 0.501. The molecule has 4 heterocycles. The molecule has 0 unspecified atom stereocenters. The van der Waals surface area contributed by atoms with Gasteiger partial charge in [-0.3, -0.25) is 4.98 Å². The van der Waals surface area contributed by atoms with E-state index in [9.17, 15) is 0 Å². The summed E-state index contributed by atoms with van der Waals surface area (Å²) in [5, 5.41) is 8.30.